The van der Waals surface area contributed by atoms with E-state index in [1.54, 1.807) is 16.2 Å². The van der Waals surface area contributed by atoms with E-state index in [0.717, 1.165) is 23.6 Å². The van der Waals surface area contributed by atoms with Gasteiger partial charge in [-0.15, -0.1) is 22.7 Å². The number of aryl methyl sites for hydroxylation is 1. The summed E-state index contributed by atoms with van der Waals surface area (Å²) < 4.78 is 2.12. The van der Waals surface area contributed by atoms with E-state index < -0.39 is 0 Å². The Kier molecular flexibility index (Phi) is 4.64. The molecule has 2 aromatic heterocycles. The van der Waals surface area contributed by atoms with Crippen LogP contribution < -0.4 is 0 Å². The predicted octanol–water partition coefficient (Wildman–Crippen LogP) is 4.92. The molecule has 0 saturated carbocycles. The average molecular weight is 409 g/mol. The Morgan fingerprint density at radius 3 is 2.61 bits per heavy atom. The lowest BCUT2D eigenvalue weighted by atomic mass is 10.3. The van der Waals surface area contributed by atoms with Gasteiger partial charge in [-0.1, -0.05) is 0 Å². The second kappa shape index (κ2) is 5.86. The maximum atomic E-state index is 12.2. The first-order valence-electron chi connectivity index (χ1n) is 5.21. The zero-order valence-corrected chi connectivity index (χ0v) is 14.7. The highest BCUT2D eigenvalue weighted by Crippen LogP contribution is 2.28. The molecule has 2 rings (SSSR count). The monoisotopic (exact) mass is 407 g/mol. The van der Waals surface area contributed by atoms with E-state index in [4.69, 9.17) is 0 Å². The maximum Gasteiger partial charge on any atom is 0.264 e. The van der Waals surface area contributed by atoms with Gasteiger partial charge in [0.1, 0.15) is 0 Å². The Morgan fingerprint density at radius 2 is 2.11 bits per heavy atom. The van der Waals surface area contributed by atoms with Crippen LogP contribution >= 0.6 is 54.5 Å². The SMILES string of the molecule is Cc1cc(C(=O)N(C)Cc2csc(Br)c2)sc1Br. The maximum absolute atomic E-state index is 12.2. The molecule has 0 aliphatic heterocycles. The van der Waals surface area contributed by atoms with Crippen LogP contribution in [0.2, 0.25) is 0 Å². The van der Waals surface area contributed by atoms with Crippen molar-refractivity contribution in [2.45, 2.75) is 13.5 Å². The number of halogens is 2. The van der Waals surface area contributed by atoms with Crippen LogP contribution in [0.25, 0.3) is 0 Å². The molecule has 0 atom stereocenters. The summed E-state index contributed by atoms with van der Waals surface area (Å²) in [6.07, 6.45) is 0. The standard InChI is InChI=1S/C12H11Br2NOS2/c1-7-3-9(18-11(7)14)12(16)15(2)5-8-4-10(13)17-6-8/h3-4,6H,5H2,1-2H3. The van der Waals surface area contributed by atoms with Crippen LogP contribution in [0.4, 0.5) is 0 Å². The van der Waals surface area contributed by atoms with Gasteiger partial charge in [0.2, 0.25) is 0 Å². The molecule has 0 spiro atoms. The second-order valence-electron chi connectivity index (χ2n) is 3.99. The Morgan fingerprint density at radius 1 is 1.39 bits per heavy atom. The first-order valence-corrected chi connectivity index (χ1v) is 8.50. The first-order chi connectivity index (χ1) is 8.47. The molecular weight excluding hydrogens is 398 g/mol. The fraction of sp³-hybridized carbons (Fsp3) is 0.250. The molecule has 96 valence electrons. The predicted molar refractivity (Wildman–Crippen MR) is 84.6 cm³/mol. The van der Waals surface area contributed by atoms with Crippen molar-refractivity contribution >= 4 is 60.4 Å². The van der Waals surface area contributed by atoms with Gasteiger partial charge in [0, 0.05) is 13.6 Å². The number of rotatable bonds is 3. The quantitative estimate of drug-likeness (QED) is 0.705. The van der Waals surface area contributed by atoms with Crippen molar-refractivity contribution in [3.63, 3.8) is 0 Å². The Labute approximate surface area is 131 Å². The molecule has 0 aliphatic carbocycles. The summed E-state index contributed by atoms with van der Waals surface area (Å²) in [6.45, 7) is 2.63. The molecule has 2 heterocycles. The molecule has 0 bridgehead atoms. The van der Waals surface area contributed by atoms with Crippen molar-refractivity contribution in [1.82, 2.24) is 4.90 Å². The molecule has 1 amide bonds. The molecule has 0 unspecified atom stereocenters. The number of amides is 1. The van der Waals surface area contributed by atoms with Crippen molar-refractivity contribution in [3.8, 4) is 0 Å². The van der Waals surface area contributed by atoms with E-state index in [1.807, 2.05) is 26.1 Å². The minimum Gasteiger partial charge on any atom is -0.337 e. The molecule has 2 nitrogen and oxygen atoms in total. The third-order valence-corrected chi connectivity index (χ3v) is 6.13. The number of carbonyl (C=O) groups excluding carboxylic acids is 1. The molecule has 0 saturated heterocycles. The van der Waals surface area contributed by atoms with Gasteiger partial charge in [-0.2, -0.15) is 0 Å². The van der Waals surface area contributed by atoms with Crippen LogP contribution in [0.5, 0.6) is 0 Å². The van der Waals surface area contributed by atoms with Crippen molar-refractivity contribution < 1.29 is 4.79 Å². The third-order valence-electron chi connectivity index (χ3n) is 2.46. The van der Waals surface area contributed by atoms with Gasteiger partial charge >= 0.3 is 0 Å². The average Bonchev–Trinajstić information content (AvgIpc) is 2.85. The van der Waals surface area contributed by atoms with Gasteiger partial charge in [0.25, 0.3) is 5.91 Å². The van der Waals surface area contributed by atoms with Crippen molar-refractivity contribution in [1.29, 1.82) is 0 Å². The second-order valence-corrected chi connectivity index (χ2v) is 8.65. The number of hydrogen-bond acceptors (Lipinski definition) is 3. The minimum atomic E-state index is 0.0659. The highest BCUT2D eigenvalue weighted by atomic mass is 79.9. The molecule has 0 radical (unpaired) electrons. The van der Waals surface area contributed by atoms with E-state index in [2.05, 4.69) is 37.2 Å². The summed E-state index contributed by atoms with van der Waals surface area (Å²) in [6, 6.07) is 3.97. The molecule has 0 aliphatic rings. The molecule has 0 fully saturated rings. The van der Waals surface area contributed by atoms with Gasteiger partial charge in [0.15, 0.2) is 0 Å². The fourth-order valence-electron chi connectivity index (χ4n) is 1.53. The van der Waals surface area contributed by atoms with Crippen molar-refractivity contribution in [2.75, 3.05) is 7.05 Å². The molecular formula is C12H11Br2NOS2. The fourth-order valence-corrected chi connectivity index (χ4v) is 4.26. The highest BCUT2D eigenvalue weighted by Gasteiger charge is 2.16. The molecule has 6 heteroatoms. The van der Waals surface area contributed by atoms with Crippen LogP contribution in [-0.4, -0.2) is 17.9 Å². The summed E-state index contributed by atoms with van der Waals surface area (Å²) in [5, 5.41) is 2.06. The lowest BCUT2D eigenvalue weighted by molar-refractivity contribution is 0.0790. The Hall–Kier alpha value is -0.170. The van der Waals surface area contributed by atoms with Gasteiger partial charge in [-0.05, 0) is 67.4 Å². The molecule has 0 N–H and O–H groups in total. The normalized spacial score (nSPS) is 10.7. The highest BCUT2D eigenvalue weighted by molar-refractivity contribution is 9.11. The van der Waals surface area contributed by atoms with Gasteiger partial charge in [-0.3, -0.25) is 4.79 Å². The van der Waals surface area contributed by atoms with E-state index >= 15 is 0 Å². The van der Waals surface area contributed by atoms with E-state index in [0.29, 0.717) is 6.54 Å². The zero-order chi connectivity index (χ0) is 13.3. The van der Waals surface area contributed by atoms with Crippen LogP contribution in [0.3, 0.4) is 0 Å². The van der Waals surface area contributed by atoms with Gasteiger partial charge < -0.3 is 4.90 Å². The number of hydrogen-bond donors (Lipinski definition) is 0. The van der Waals surface area contributed by atoms with Crippen molar-refractivity contribution in [3.05, 3.63) is 41.1 Å². The van der Waals surface area contributed by atoms with E-state index in [9.17, 15) is 4.79 Å². The van der Waals surface area contributed by atoms with Crippen LogP contribution in [0.15, 0.2) is 25.1 Å². The number of carbonyl (C=O) groups is 1. The minimum absolute atomic E-state index is 0.0659. The zero-order valence-electron chi connectivity index (χ0n) is 9.87. The van der Waals surface area contributed by atoms with E-state index in [-0.39, 0.29) is 5.91 Å². The summed E-state index contributed by atoms with van der Waals surface area (Å²) in [5.74, 6) is 0.0659. The lowest BCUT2D eigenvalue weighted by Gasteiger charge is -2.15. The van der Waals surface area contributed by atoms with Crippen LogP contribution in [0, 0.1) is 6.92 Å². The van der Waals surface area contributed by atoms with Gasteiger partial charge in [-0.25, -0.2) is 0 Å². The Balaban J connectivity index is 2.09. The molecule has 0 aromatic carbocycles. The lowest BCUT2D eigenvalue weighted by Crippen LogP contribution is -2.25. The van der Waals surface area contributed by atoms with Gasteiger partial charge in [0.05, 0.1) is 12.4 Å². The Bertz CT molecular complexity index is 557. The summed E-state index contributed by atoms with van der Waals surface area (Å²) in [4.78, 5) is 14.7. The van der Waals surface area contributed by atoms with Crippen LogP contribution in [0.1, 0.15) is 20.8 Å². The molecule has 18 heavy (non-hydrogen) atoms. The topological polar surface area (TPSA) is 20.3 Å². The number of thiophene rings is 2. The largest absolute Gasteiger partial charge is 0.337 e. The summed E-state index contributed by atoms with van der Waals surface area (Å²) >= 11 is 9.99. The third kappa shape index (κ3) is 3.23. The summed E-state index contributed by atoms with van der Waals surface area (Å²) in [7, 11) is 1.83. The van der Waals surface area contributed by atoms with Crippen LogP contribution in [-0.2, 0) is 6.54 Å². The first kappa shape index (κ1) is 14.2. The number of nitrogens with zero attached hydrogens (tertiary/aromatic N) is 1. The summed E-state index contributed by atoms with van der Waals surface area (Å²) in [5.41, 5.74) is 2.25. The van der Waals surface area contributed by atoms with Crippen molar-refractivity contribution in [2.24, 2.45) is 0 Å². The smallest absolute Gasteiger partial charge is 0.264 e. The van der Waals surface area contributed by atoms with E-state index in [1.165, 1.54) is 11.3 Å². The molecule has 2 aromatic rings.